The van der Waals surface area contributed by atoms with E-state index in [9.17, 15) is 9.59 Å². The van der Waals surface area contributed by atoms with Gasteiger partial charge < -0.3 is 4.74 Å². The molecule has 0 fully saturated rings. The Kier molecular flexibility index (Phi) is 5.18. The van der Waals surface area contributed by atoms with E-state index in [0.29, 0.717) is 12.2 Å². The SMILES string of the molecule is CCOC(=O)c1c[nH]n2c(=O)cc(CN(C)C(C)c3ccccc3)nc12. The molecule has 0 saturated carbocycles. The molecular weight excluding hydrogens is 332 g/mol. The van der Waals surface area contributed by atoms with Crippen LogP contribution < -0.4 is 5.56 Å². The van der Waals surface area contributed by atoms with Gasteiger partial charge in [-0.25, -0.2) is 14.3 Å². The first kappa shape index (κ1) is 17.9. The molecule has 0 saturated heterocycles. The van der Waals surface area contributed by atoms with Crippen LogP contribution in [0.1, 0.15) is 41.5 Å². The van der Waals surface area contributed by atoms with Crippen molar-refractivity contribution in [3.63, 3.8) is 0 Å². The average Bonchev–Trinajstić information content (AvgIpc) is 3.06. The van der Waals surface area contributed by atoms with Crippen molar-refractivity contribution in [3.8, 4) is 0 Å². The third-order valence-corrected chi connectivity index (χ3v) is 4.40. The standard InChI is InChI=1S/C19H22N4O3/c1-4-26-19(25)16-11-20-23-17(24)10-15(21-18(16)23)12-22(3)13(2)14-8-6-5-7-9-14/h5-11,13,20H,4,12H2,1-3H3. The number of nitrogens with zero attached hydrogens (tertiary/aromatic N) is 3. The fourth-order valence-electron chi connectivity index (χ4n) is 2.85. The molecule has 1 atom stereocenters. The smallest absolute Gasteiger partial charge is 0.343 e. The lowest BCUT2D eigenvalue weighted by Gasteiger charge is -2.24. The number of rotatable bonds is 6. The number of esters is 1. The van der Waals surface area contributed by atoms with E-state index >= 15 is 0 Å². The largest absolute Gasteiger partial charge is 0.462 e. The van der Waals surface area contributed by atoms with Gasteiger partial charge in [0.25, 0.3) is 5.56 Å². The third kappa shape index (κ3) is 3.52. The van der Waals surface area contributed by atoms with Gasteiger partial charge in [-0.15, -0.1) is 0 Å². The Hall–Kier alpha value is -2.93. The second-order valence-electron chi connectivity index (χ2n) is 6.15. The highest BCUT2D eigenvalue weighted by molar-refractivity contribution is 5.95. The summed E-state index contributed by atoms with van der Waals surface area (Å²) in [5.41, 5.74) is 2.06. The zero-order valence-corrected chi connectivity index (χ0v) is 15.1. The van der Waals surface area contributed by atoms with Crippen molar-refractivity contribution in [1.82, 2.24) is 19.5 Å². The lowest BCUT2D eigenvalue weighted by Crippen LogP contribution is -2.25. The molecule has 2 aromatic heterocycles. The van der Waals surface area contributed by atoms with E-state index in [0.717, 1.165) is 0 Å². The molecular formula is C19H22N4O3. The average molecular weight is 354 g/mol. The number of carbonyl (C=O) groups excluding carboxylic acids is 1. The van der Waals surface area contributed by atoms with Crippen LogP contribution in [-0.4, -0.2) is 39.1 Å². The topological polar surface area (TPSA) is 79.7 Å². The van der Waals surface area contributed by atoms with Crippen molar-refractivity contribution in [2.75, 3.05) is 13.7 Å². The van der Waals surface area contributed by atoms with Crippen molar-refractivity contribution in [2.45, 2.75) is 26.4 Å². The zero-order valence-electron chi connectivity index (χ0n) is 15.1. The molecule has 3 aromatic rings. The normalized spacial score (nSPS) is 12.5. The second kappa shape index (κ2) is 7.53. The van der Waals surface area contributed by atoms with Gasteiger partial charge in [0.15, 0.2) is 5.65 Å². The summed E-state index contributed by atoms with van der Waals surface area (Å²) < 4.78 is 6.27. The molecule has 1 aromatic carbocycles. The Morgan fingerprint density at radius 3 is 2.77 bits per heavy atom. The number of nitrogens with one attached hydrogen (secondary N) is 1. The molecule has 1 unspecified atom stereocenters. The minimum Gasteiger partial charge on any atom is -0.462 e. The highest BCUT2D eigenvalue weighted by atomic mass is 16.5. The summed E-state index contributed by atoms with van der Waals surface area (Å²) in [5, 5.41) is 2.75. The van der Waals surface area contributed by atoms with Gasteiger partial charge in [0, 0.05) is 24.8 Å². The van der Waals surface area contributed by atoms with Crippen molar-refractivity contribution in [3.05, 3.63) is 69.8 Å². The molecule has 1 N–H and O–H groups in total. The molecule has 0 aliphatic rings. The Bertz CT molecular complexity index is 962. The Morgan fingerprint density at radius 1 is 1.35 bits per heavy atom. The van der Waals surface area contributed by atoms with Crippen molar-refractivity contribution in [1.29, 1.82) is 0 Å². The van der Waals surface area contributed by atoms with E-state index in [4.69, 9.17) is 4.74 Å². The molecule has 7 nitrogen and oxygen atoms in total. The van der Waals surface area contributed by atoms with Crippen LogP contribution in [0.2, 0.25) is 0 Å². The number of aromatic nitrogens is 3. The number of benzene rings is 1. The number of H-pyrrole nitrogens is 1. The molecule has 0 aliphatic carbocycles. The number of aromatic amines is 1. The summed E-state index contributed by atoms with van der Waals surface area (Å²) in [6.45, 7) is 4.57. The quantitative estimate of drug-likeness (QED) is 0.688. The Balaban J connectivity index is 1.89. The molecule has 26 heavy (non-hydrogen) atoms. The van der Waals surface area contributed by atoms with Crippen LogP contribution >= 0.6 is 0 Å². The van der Waals surface area contributed by atoms with Crippen molar-refractivity contribution in [2.24, 2.45) is 0 Å². The molecule has 136 valence electrons. The van der Waals surface area contributed by atoms with E-state index in [1.54, 1.807) is 6.92 Å². The van der Waals surface area contributed by atoms with E-state index in [-0.39, 0.29) is 29.4 Å². The highest BCUT2D eigenvalue weighted by Crippen LogP contribution is 2.20. The van der Waals surface area contributed by atoms with Crippen LogP contribution in [0.25, 0.3) is 5.65 Å². The maximum absolute atomic E-state index is 12.3. The number of hydrogen-bond donors (Lipinski definition) is 1. The molecule has 7 heteroatoms. The maximum Gasteiger partial charge on any atom is 0.343 e. The van der Waals surface area contributed by atoms with Gasteiger partial charge in [0.1, 0.15) is 5.56 Å². The fourth-order valence-corrected chi connectivity index (χ4v) is 2.85. The van der Waals surface area contributed by atoms with Crippen molar-refractivity contribution < 1.29 is 9.53 Å². The number of hydrogen-bond acceptors (Lipinski definition) is 5. The van der Waals surface area contributed by atoms with E-state index < -0.39 is 5.97 Å². The van der Waals surface area contributed by atoms with Gasteiger partial charge in [-0.3, -0.25) is 14.8 Å². The summed E-state index contributed by atoms with van der Waals surface area (Å²) >= 11 is 0. The Labute approximate surface area is 151 Å². The maximum atomic E-state index is 12.3. The van der Waals surface area contributed by atoms with Crippen LogP contribution in [0.5, 0.6) is 0 Å². The number of carbonyl (C=O) groups is 1. The second-order valence-corrected chi connectivity index (χ2v) is 6.15. The first-order valence-electron chi connectivity index (χ1n) is 8.53. The first-order chi connectivity index (χ1) is 12.5. The summed E-state index contributed by atoms with van der Waals surface area (Å²) in [6.07, 6.45) is 1.45. The lowest BCUT2D eigenvalue weighted by atomic mass is 10.1. The fraction of sp³-hybridized carbons (Fsp3) is 0.316. The van der Waals surface area contributed by atoms with E-state index in [1.165, 1.54) is 22.3 Å². The van der Waals surface area contributed by atoms with Crippen LogP contribution in [0.4, 0.5) is 0 Å². The van der Waals surface area contributed by atoms with Crippen LogP contribution in [0.15, 0.2) is 47.4 Å². The summed E-state index contributed by atoms with van der Waals surface area (Å²) in [5.74, 6) is -0.499. The number of fused-ring (bicyclic) bond motifs is 1. The van der Waals surface area contributed by atoms with Gasteiger partial charge >= 0.3 is 5.97 Å². The summed E-state index contributed by atoms with van der Waals surface area (Å²) in [6, 6.07) is 11.8. The third-order valence-electron chi connectivity index (χ3n) is 4.40. The molecule has 2 heterocycles. The molecule has 0 spiro atoms. The minimum absolute atomic E-state index is 0.159. The van der Waals surface area contributed by atoms with E-state index in [1.807, 2.05) is 25.2 Å². The summed E-state index contributed by atoms with van der Waals surface area (Å²) in [4.78, 5) is 31.0. The van der Waals surface area contributed by atoms with Crippen molar-refractivity contribution >= 4 is 11.6 Å². The molecule has 0 amide bonds. The predicted molar refractivity (Wildman–Crippen MR) is 98.1 cm³/mol. The van der Waals surface area contributed by atoms with E-state index in [2.05, 4.69) is 34.0 Å². The predicted octanol–water partition coefficient (Wildman–Crippen LogP) is 2.39. The monoisotopic (exact) mass is 354 g/mol. The Morgan fingerprint density at radius 2 is 2.08 bits per heavy atom. The van der Waals surface area contributed by atoms with Gasteiger partial charge in [-0.2, -0.15) is 0 Å². The molecule has 0 bridgehead atoms. The number of ether oxygens (including phenoxy) is 1. The summed E-state index contributed by atoms with van der Waals surface area (Å²) in [7, 11) is 1.98. The molecule has 3 rings (SSSR count). The van der Waals surface area contributed by atoms with Gasteiger partial charge in [0.05, 0.1) is 12.3 Å². The highest BCUT2D eigenvalue weighted by Gasteiger charge is 2.18. The lowest BCUT2D eigenvalue weighted by molar-refractivity contribution is 0.0528. The minimum atomic E-state index is -0.499. The van der Waals surface area contributed by atoms with Gasteiger partial charge in [-0.1, -0.05) is 30.3 Å². The zero-order chi connectivity index (χ0) is 18.7. The first-order valence-corrected chi connectivity index (χ1v) is 8.53. The van der Waals surface area contributed by atoms with Crippen LogP contribution in [-0.2, 0) is 11.3 Å². The van der Waals surface area contributed by atoms with Crippen LogP contribution in [0.3, 0.4) is 0 Å². The molecule has 0 radical (unpaired) electrons. The van der Waals surface area contributed by atoms with Gasteiger partial charge in [0.2, 0.25) is 0 Å². The van der Waals surface area contributed by atoms with Crippen LogP contribution in [0, 0.1) is 0 Å². The van der Waals surface area contributed by atoms with Gasteiger partial charge in [-0.05, 0) is 26.5 Å². The molecule has 0 aliphatic heterocycles.